The van der Waals surface area contributed by atoms with Crippen LogP contribution < -0.4 is 0 Å². The molecule has 198 valence electrons. The van der Waals surface area contributed by atoms with Crippen LogP contribution in [-0.2, 0) is 28.5 Å². The number of ether oxygens (including phenoxy) is 4. The highest BCUT2D eigenvalue weighted by molar-refractivity contribution is 6.30. The van der Waals surface area contributed by atoms with Crippen molar-refractivity contribution in [3.8, 4) is 5.75 Å². The second kappa shape index (κ2) is 11.6. The summed E-state index contributed by atoms with van der Waals surface area (Å²) in [5.41, 5.74) is 0.251. The molecule has 8 nitrogen and oxygen atoms in total. The molecule has 2 aliphatic rings. The highest BCUT2D eigenvalue weighted by atomic mass is 35.5. The van der Waals surface area contributed by atoms with E-state index in [-0.39, 0.29) is 37.0 Å². The van der Waals surface area contributed by atoms with E-state index in [0.717, 1.165) is 12.0 Å². The van der Waals surface area contributed by atoms with Crippen molar-refractivity contribution in [1.29, 1.82) is 0 Å². The smallest absolute Gasteiger partial charge is 0.336 e. The van der Waals surface area contributed by atoms with Gasteiger partial charge in [0.1, 0.15) is 18.0 Å². The maximum Gasteiger partial charge on any atom is 0.336 e. The van der Waals surface area contributed by atoms with Crippen LogP contribution in [0, 0.1) is 5.92 Å². The standard InChI is InChI=1S/C28H31ClO8/c1-34-23-14-28(27(32)33,36-16-19-13-22(19)18-6-8-20(29)9-7-18)15-24(26(23)35-2)37-25(31)12-5-17-3-10-21(30)11-4-17/h3-12,19,22-24,26,30H,13-16H2,1-2H3,(H,32,33)/b12-5+/t19-,22+,23+,24+,26+,28-/m0/s1. The first-order valence-electron chi connectivity index (χ1n) is 12.1. The van der Waals surface area contributed by atoms with Gasteiger partial charge in [0.25, 0.3) is 0 Å². The van der Waals surface area contributed by atoms with Gasteiger partial charge >= 0.3 is 11.9 Å². The van der Waals surface area contributed by atoms with E-state index in [2.05, 4.69) is 0 Å². The average molecular weight is 531 g/mol. The molecular formula is C28H31ClO8. The Balaban J connectivity index is 1.45. The third-order valence-corrected chi connectivity index (χ3v) is 7.38. The summed E-state index contributed by atoms with van der Waals surface area (Å²) in [4.78, 5) is 25.1. The van der Waals surface area contributed by atoms with Crippen molar-refractivity contribution in [2.45, 2.75) is 49.1 Å². The Bertz CT molecular complexity index is 1120. The summed E-state index contributed by atoms with van der Waals surface area (Å²) in [5.74, 6) is -1.19. The quantitative estimate of drug-likeness (QED) is 0.342. The lowest BCUT2D eigenvalue weighted by atomic mass is 9.79. The number of benzene rings is 2. The molecule has 0 aromatic heterocycles. The van der Waals surface area contributed by atoms with Gasteiger partial charge in [0.15, 0.2) is 5.60 Å². The van der Waals surface area contributed by atoms with E-state index in [1.165, 1.54) is 32.4 Å². The maximum absolute atomic E-state index is 12.6. The number of carbonyl (C=O) groups is 2. The van der Waals surface area contributed by atoms with Crippen LogP contribution in [0.1, 0.15) is 36.3 Å². The Morgan fingerprint density at radius 3 is 2.32 bits per heavy atom. The van der Waals surface area contributed by atoms with E-state index in [9.17, 15) is 19.8 Å². The fraction of sp³-hybridized carbons (Fsp3) is 0.429. The van der Waals surface area contributed by atoms with E-state index in [4.69, 9.17) is 30.5 Å². The Hall–Kier alpha value is -2.91. The number of phenols is 1. The molecule has 0 unspecified atom stereocenters. The molecule has 0 saturated heterocycles. The lowest BCUT2D eigenvalue weighted by Crippen LogP contribution is -2.59. The average Bonchev–Trinajstić information content (AvgIpc) is 3.67. The molecule has 2 saturated carbocycles. The number of halogens is 1. The van der Waals surface area contributed by atoms with Gasteiger partial charge in [-0.25, -0.2) is 9.59 Å². The Labute approximate surface area is 220 Å². The minimum absolute atomic E-state index is 0.0626. The normalized spacial score (nSPS) is 29.2. The molecule has 0 heterocycles. The van der Waals surface area contributed by atoms with Gasteiger partial charge < -0.3 is 29.2 Å². The number of methoxy groups -OCH3 is 2. The van der Waals surface area contributed by atoms with E-state index in [1.54, 1.807) is 18.2 Å². The summed E-state index contributed by atoms with van der Waals surface area (Å²) < 4.78 is 22.9. The van der Waals surface area contributed by atoms with Gasteiger partial charge in [-0.05, 0) is 59.7 Å². The second-order valence-electron chi connectivity index (χ2n) is 9.55. The van der Waals surface area contributed by atoms with Crippen LogP contribution in [0.3, 0.4) is 0 Å². The van der Waals surface area contributed by atoms with Crippen molar-refractivity contribution in [2.24, 2.45) is 5.92 Å². The second-order valence-corrected chi connectivity index (χ2v) is 9.98. The van der Waals surface area contributed by atoms with Crippen molar-refractivity contribution < 1.29 is 38.7 Å². The van der Waals surface area contributed by atoms with Gasteiger partial charge in [-0.15, -0.1) is 0 Å². The van der Waals surface area contributed by atoms with Gasteiger partial charge in [-0.3, -0.25) is 0 Å². The van der Waals surface area contributed by atoms with Crippen LogP contribution in [-0.4, -0.2) is 66.9 Å². The van der Waals surface area contributed by atoms with Crippen molar-refractivity contribution in [2.75, 3.05) is 20.8 Å². The number of aromatic hydroxyl groups is 1. The fourth-order valence-electron chi connectivity index (χ4n) is 4.94. The summed E-state index contributed by atoms with van der Waals surface area (Å²) >= 11 is 5.99. The minimum Gasteiger partial charge on any atom is -0.508 e. The molecule has 0 aliphatic heterocycles. The topological polar surface area (TPSA) is 112 Å². The summed E-state index contributed by atoms with van der Waals surface area (Å²) in [5, 5.41) is 20.3. The predicted molar refractivity (Wildman–Crippen MR) is 136 cm³/mol. The molecule has 6 atom stereocenters. The number of phenolic OH excluding ortho intramolecular Hbond substituents is 1. The molecule has 2 aliphatic carbocycles. The van der Waals surface area contributed by atoms with Gasteiger partial charge in [0, 0.05) is 38.2 Å². The molecule has 2 N–H and O–H groups in total. The van der Waals surface area contributed by atoms with Crippen LogP contribution in [0.4, 0.5) is 0 Å². The lowest BCUT2D eigenvalue weighted by Gasteiger charge is -2.44. The predicted octanol–water partition coefficient (Wildman–Crippen LogP) is 4.44. The van der Waals surface area contributed by atoms with Crippen molar-refractivity contribution in [3.63, 3.8) is 0 Å². The van der Waals surface area contributed by atoms with Gasteiger partial charge in [0.05, 0.1) is 12.7 Å². The summed E-state index contributed by atoms with van der Waals surface area (Å²) in [6.45, 7) is 0.259. The molecule has 2 aromatic rings. The molecule has 2 aromatic carbocycles. The number of carboxylic acids is 1. The molecule has 37 heavy (non-hydrogen) atoms. The van der Waals surface area contributed by atoms with Gasteiger partial charge in [-0.2, -0.15) is 0 Å². The summed E-state index contributed by atoms with van der Waals surface area (Å²) in [7, 11) is 2.94. The molecule has 9 heteroatoms. The zero-order valence-electron chi connectivity index (χ0n) is 20.7. The lowest BCUT2D eigenvalue weighted by molar-refractivity contribution is -0.214. The zero-order valence-corrected chi connectivity index (χ0v) is 21.5. The molecule has 4 rings (SSSR count). The van der Waals surface area contributed by atoms with Crippen molar-refractivity contribution >= 4 is 29.6 Å². The number of esters is 1. The number of carboxylic acid groups (broad SMARTS) is 1. The minimum atomic E-state index is -1.59. The van der Waals surface area contributed by atoms with E-state index in [1.807, 2.05) is 24.3 Å². The SMILES string of the molecule is CO[C@@H]1[C@H](OC)C[C@@](OC[C@@H]2C[C@@H]2c2ccc(Cl)cc2)(C(=O)O)C[C@H]1OC(=O)/C=C/c1ccc(O)cc1. The molecule has 0 bridgehead atoms. The third-order valence-electron chi connectivity index (χ3n) is 7.13. The van der Waals surface area contributed by atoms with E-state index >= 15 is 0 Å². The number of rotatable bonds is 10. The fourth-order valence-corrected chi connectivity index (χ4v) is 5.07. The van der Waals surface area contributed by atoms with E-state index < -0.39 is 35.9 Å². The van der Waals surface area contributed by atoms with Crippen LogP contribution in [0.5, 0.6) is 5.75 Å². The molecule has 0 amide bonds. The number of hydrogen-bond donors (Lipinski definition) is 2. The third kappa shape index (κ3) is 6.51. The molecular weight excluding hydrogens is 500 g/mol. The molecule has 0 spiro atoms. The highest BCUT2D eigenvalue weighted by Gasteiger charge is 2.54. The van der Waals surface area contributed by atoms with Crippen LogP contribution >= 0.6 is 11.6 Å². The number of hydrogen-bond acceptors (Lipinski definition) is 7. The van der Waals surface area contributed by atoms with Crippen LogP contribution in [0.15, 0.2) is 54.6 Å². The first-order valence-corrected chi connectivity index (χ1v) is 12.5. The van der Waals surface area contributed by atoms with Crippen molar-refractivity contribution in [3.05, 3.63) is 70.8 Å². The summed E-state index contributed by atoms with van der Waals surface area (Å²) in [6.07, 6.45) is 1.47. The Morgan fingerprint density at radius 2 is 1.70 bits per heavy atom. The van der Waals surface area contributed by atoms with Crippen molar-refractivity contribution in [1.82, 2.24) is 0 Å². The number of carbonyl (C=O) groups excluding carboxylic acids is 1. The Kier molecular flexibility index (Phi) is 8.54. The number of aliphatic carboxylic acids is 1. The maximum atomic E-state index is 12.6. The largest absolute Gasteiger partial charge is 0.508 e. The highest BCUT2D eigenvalue weighted by Crippen LogP contribution is 2.49. The molecule has 2 fully saturated rings. The van der Waals surface area contributed by atoms with Crippen LogP contribution in [0.2, 0.25) is 5.02 Å². The van der Waals surface area contributed by atoms with E-state index in [0.29, 0.717) is 10.6 Å². The van der Waals surface area contributed by atoms with Gasteiger partial charge in [-0.1, -0.05) is 35.9 Å². The monoisotopic (exact) mass is 530 g/mol. The first kappa shape index (κ1) is 27.1. The summed E-state index contributed by atoms with van der Waals surface area (Å²) in [6, 6.07) is 14.0. The Morgan fingerprint density at radius 1 is 1.03 bits per heavy atom. The molecule has 0 radical (unpaired) electrons. The zero-order chi connectivity index (χ0) is 26.6. The first-order chi connectivity index (χ1) is 17.7. The van der Waals surface area contributed by atoms with Crippen LogP contribution in [0.25, 0.3) is 6.08 Å². The van der Waals surface area contributed by atoms with Gasteiger partial charge in [0.2, 0.25) is 0 Å².